The van der Waals surface area contributed by atoms with E-state index in [-0.39, 0.29) is 27.9 Å². The second kappa shape index (κ2) is 7.99. The van der Waals surface area contributed by atoms with E-state index < -0.39 is 28.8 Å². The van der Waals surface area contributed by atoms with Crippen LogP contribution in [0.5, 0.6) is 5.88 Å². The number of hydrogen-bond donors (Lipinski definition) is 2. The number of aromatic amines is 1. The predicted octanol–water partition coefficient (Wildman–Crippen LogP) is 2.36. The Morgan fingerprint density at radius 2 is 2.07 bits per heavy atom. The number of carbonyl (C=O) groups is 1. The van der Waals surface area contributed by atoms with Crippen molar-refractivity contribution >= 4 is 32.8 Å². The normalized spacial score (nSPS) is 11.6. The predicted molar refractivity (Wildman–Crippen MR) is 98.7 cm³/mol. The molecule has 0 spiro atoms. The molecule has 0 atom stereocenters. The number of rotatable bonds is 7. The fourth-order valence-electron chi connectivity index (χ4n) is 2.67. The van der Waals surface area contributed by atoms with Crippen molar-refractivity contribution in [3.63, 3.8) is 0 Å². The Hall–Kier alpha value is -3.28. The third-order valence-corrected chi connectivity index (χ3v) is 5.34. The Balaban J connectivity index is 1.93. The Bertz CT molecular complexity index is 1160. The van der Waals surface area contributed by atoms with Crippen molar-refractivity contribution in [3.8, 4) is 5.88 Å². The molecule has 12 heteroatoms. The van der Waals surface area contributed by atoms with E-state index in [1.165, 1.54) is 38.6 Å². The summed E-state index contributed by atoms with van der Waals surface area (Å²) in [5.74, 6) is -1.05. The first-order valence-electron chi connectivity index (χ1n) is 8.15. The van der Waals surface area contributed by atoms with Gasteiger partial charge >= 0.3 is 5.97 Å². The van der Waals surface area contributed by atoms with Crippen LogP contribution >= 0.6 is 0 Å². The minimum atomic E-state index is -4.12. The summed E-state index contributed by atoms with van der Waals surface area (Å²) in [7, 11) is -1.65. The van der Waals surface area contributed by atoms with Crippen molar-refractivity contribution in [2.75, 3.05) is 18.9 Å². The molecule has 3 rings (SSSR count). The number of alkyl halides is 2. The second-order valence-corrected chi connectivity index (χ2v) is 7.48. The van der Waals surface area contributed by atoms with E-state index in [0.717, 1.165) is 6.20 Å². The Kier molecular flexibility index (Phi) is 5.64. The molecule has 0 aliphatic heterocycles. The van der Waals surface area contributed by atoms with E-state index in [0.29, 0.717) is 10.9 Å². The number of benzene rings is 1. The molecule has 0 aliphatic rings. The highest BCUT2D eigenvalue weighted by molar-refractivity contribution is 7.93. The van der Waals surface area contributed by atoms with Crippen LogP contribution in [-0.4, -0.2) is 50.0 Å². The fraction of sp³-hybridized carbons (Fsp3) is 0.235. The largest absolute Gasteiger partial charge is 0.481 e. The molecule has 2 aromatic heterocycles. The molecule has 29 heavy (non-hydrogen) atoms. The lowest BCUT2D eigenvalue weighted by Gasteiger charge is -2.10. The van der Waals surface area contributed by atoms with E-state index in [9.17, 15) is 22.0 Å². The van der Waals surface area contributed by atoms with Crippen molar-refractivity contribution in [1.82, 2.24) is 15.0 Å². The summed E-state index contributed by atoms with van der Waals surface area (Å²) in [5.41, 5.74) is 0.702. The van der Waals surface area contributed by atoms with Crippen LogP contribution in [0.25, 0.3) is 10.9 Å². The summed E-state index contributed by atoms with van der Waals surface area (Å²) in [5, 5.41) is 0.325. The van der Waals surface area contributed by atoms with Gasteiger partial charge in [-0.15, -0.1) is 0 Å². The van der Waals surface area contributed by atoms with E-state index in [4.69, 9.17) is 4.74 Å². The van der Waals surface area contributed by atoms with Gasteiger partial charge < -0.3 is 14.5 Å². The third-order valence-electron chi connectivity index (χ3n) is 3.97. The standard InChI is InChI=1S/C17H16F2N4O5S/c1-27-15-10(6-14(18)19)7-21-17(22-15)23-29(25,26)13-8-20-12-5-9(16(24)28-2)3-4-11(12)13/h3-5,7-8,14,20H,6H2,1-2H3,(H,21,22,23). The van der Waals surface area contributed by atoms with Crippen molar-refractivity contribution in [2.45, 2.75) is 17.7 Å². The number of carbonyl (C=O) groups excluding carboxylic acids is 1. The highest BCUT2D eigenvalue weighted by Gasteiger charge is 2.22. The molecule has 0 saturated heterocycles. The number of nitrogens with zero attached hydrogens (tertiary/aromatic N) is 2. The number of sulfonamides is 1. The molecule has 0 aliphatic carbocycles. The van der Waals surface area contributed by atoms with Crippen molar-refractivity contribution in [2.24, 2.45) is 0 Å². The minimum Gasteiger partial charge on any atom is -0.481 e. The number of esters is 1. The van der Waals surface area contributed by atoms with Crippen molar-refractivity contribution < 1.29 is 31.5 Å². The zero-order valence-electron chi connectivity index (χ0n) is 15.3. The maximum absolute atomic E-state index is 12.8. The molecule has 0 amide bonds. The summed E-state index contributed by atoms with van der Waals surface area (Å²) in [6.45, 7) is 0. The Morgan fingerprint density at radius 1 is 1.31 bits per heavy atom. The summed E-state index contributed by atoms with van der Waals surface area (Å²) in [6, 6.07) is 4.35. The van der Waals surface area contributed by atoms with E-state index in [2.05, 4.69) is 24.4 Å². The molecule has 0 bridgehead atoms. The summed E-state index contributed by atoms with van der Waals surface area (Å²) < 4.78 is 62.4. The summed E-state index contributed by atoms with van der Waals surface area (Å²) in [6.07, 6.45) is -0.929. The minimum absolute atomic E-state index is 0.0490. The number of methoxy groups -OCH3 is 2. The van der Waals surface area contributed by atoms with Gasteiger partial charge in [0.2, 0.25) is 18.3 Å². The SMILES string of the molecule is COC(=O)c1ccc2c(S(=O)(=O)Nc3ncc(CC(F)F)c(OC)n3)c[nH]c2c1. The van der Waals surface area contributed by atoms with Crippen LogP contribution in [0.3, 0.4) is 0 Å². The molecule has 1 aromatic carbocycles. The van der Waals surface area contributed by atoms with Crippen LogP contribution in [0, 0.1) is 0 Å². The molecule has 9 nitrogen and oxygen atoms in total. The number of hydrogen-bond acceptors (Lipinski definition) is 7. The Morgan fingerprint density at radius 3 is 2.72 bits per heavy atom. The van der Waals surface area contributed by atoms with Crippen LogP contribution < -0.4 is 9.46 Å². The first-order valence-corrected chi connectivity index (χ1v) is 9.63. The van der Waals surface area contributed by atoms with Crippen LogP contribution in [0.15, 0.2) is 35.5 Å². The molecule has 0 fully saturated rings. The smallest absolute Gasteiger partial charge is 0.337 e. The lowest BCUT2D eigenvalue weighted by molar-refractivity contribution is 0.0601. The van der Waals surface area contributed by atoms with Gasteiger partial charge in [-0.1, -0.05) is 6.07 Å². The second-order valence-electron chi connectivity index (χ2n) is 5.83. The average molecular weight is 426 g/mol. The number of anilines is 1. The van der Waals surface area contributed by atoms with Crippen LogP contribution in [0.4, 0.5) is 14.7 Å². The van der Waals surface area contributed by atoms with Crippen LogP contribution in [-0.2, 0) is 21.2 Å². The van der Waals surface area contributed by atoms with Gasteiger partial charge in [-0.3, -0.25) is 0 Å². The lowest BCUT2D eigenvalue weighted by atomic mass is 10.2. The number of nitrogens with one attached hydrogen (secondary N) is 2. The van der Waals surface area contributed by atoms with Gasteiger partial charge in [0.15, 0.2) is 0 Å². The van der Waals surface area contributed by atoms with Gasteiger partial charge in [-0.2, -0.15) is 4.98 Å². The monoisotopic (exact) mass is 426 g/mol. The highest BCUT2D eigenvalue weighted by atomic mass is 32.2. The van der Waals surface area contributed by atoms with Crippen molar-refractivity contribution in [3.05, 3.63) is 41.7 Å². The van der Waals surface area contributed by atoms with Gasteiger partial charge in [0, 0.05) is 35.3 Å². The molecule has 0 radical (unpaired) electrons. The molecule has 2 N–H and O–H groups in total. The fourth-order valence-corrected chi connectivity index (χ4v) is 3.80. The zero-order chi connectivity index (χ0) is 21.2. The zero-order valence-corrected chi connectivity index (χ0v) is 16.1. The lowest BCUT2D eigenvalue weighted by Crippen LogP contribution is -2.15. The van der Waals surface area contributed by atoms with Gasteiger partial charge in [-0.25, -0.2) is 31.7 Å². The topological polar surface area (TPSA) is 123 Å². The maximum atomic E-state index is 12.8. The van der Waals surface area contributed by atoms with Gasteiger partial charge in [0.05, 0.1) is 19.8 Å². The highest BCUT2D eigenvalue weighted by Crippen LogP contribution is 2.26. The van der Waals surface area contributed by atoms with Crippen LogP contribution in [0.1, 0.15) is 15.9 Å². The van der Waals surface area contributed by atoms with E-state index in [1.807, 2.05) is 0 Å². The average Bonchev–Trinajstić information content (AvgIpc) is 3.12. The molecule has 3 aromatic rings. The van der Waals surface area contributed by atoms with E-state index in [1.54, 1.807) is 0 Å². The quantitative estimate of drug-likeness (QED) is 0.556. The Labute approximate surface area is 164 Å². The number of halogens is 2. The third kappa shape index (κ3) is 4.26. The van der Waals surface area contributed by atoms with Crippen molar-refractivity contribution in [1.29, 1.82) is 0 Å². The molecule has 2 heterocycles. The molecule has 0 unspecified atom stereocenters. The van der Waals surface area contributed by atoms with Gasteiger partial charge in [-0.05, 0) is 12.1 Å². The van der Waals surface area contributed by atoms with E-state index >= 15 is 0 Å². The number of aromatic nitrogens is 3. The van der Waals surface area contributed by atoms with Gasteiger partial charge in [0.1, 0.15) is 4.90 Å². The molecular weight excluding hydrogens is 410 g/mol. The molecular formula is C17H16F2N4O5S. The first-order chi connectivity index (χ1) is 13.7. The maximum Gasteiger partial charge on any atom is 0.337 e. The number of ether oxygens (including phenoxy) is 2. The molecule has 0 saturated carbocycles. The summed E-state index contributed by atoms with van der Waals surface area (Å²) in [4.78, 5) is 21.9. The molecule has 154 valence electrons. The van der Waals surface area contributed by atoms with Crippen LogP contribution in [0.2, 0.25) is 0 Å². The number of H-pyrrole nitrogens is 1. The summed E-state index contributed by atoms with van der Waals surface area (Å²) >= 11 is 0. The number of fused-ring (bicyclic) bond motifs is 1. The van der Waals surface area contributed by atoms with Gasteiger partial charge in [0.25, 0.3) is 10.0 Å². The first kappa shape index (κ1) is 20.5.